The molecule has 15 heteroatoms. The van der Waals surface area contributed by atoms with Crippen LogP contribution in [0.15, 0.2) is 48.6 Å². The van der Waals surface area contributed by atoms with Crippen molar-refractivity contribution in [3.05, 3.63) is 55.7 Å². The molecule has 0 spiro atoms. The highest BCUT2D eigenvalue weighted by Gasteiger charge is 2.28. The van der Waals surface area contributed by atoms with Gasteiger partial charge in [0, 0.05) is 12.5 Å². The number of rotatable bonds is 19. The number of methoxy groups -OCH3 is 2. The van der Waals surface area contributed by atoms with Crippen LogP contribution in [0.25, 0.3) is 0 Å². The molecule has 0 saturated carbocycles. The number of ether oxygens (including phenoxy) is 6. The van der Waals surface area contributed by atoms with E-state index in [-0.39, 0.29) is 32.0 Å². The van der Waals surface area contributed by atoms with E-state index in [4.69, 9.17) is 32.7 Å². The van der Waals surface area contributed by atoms with Gasteiger partial charge in [0.1, 0.15) is 12.4 Å². The number of hydrogen-bond donors (Lipinski definition) is 0. The van der Waals surface area contributed by atoms with Gasteiger partial charge in [-0.05, 0) is 104 Å². The predicted octanol–water partition coefficient (Wildman–Crippen LogP) is 7.27. The van der Waals surface area contributed by atoms with Gasteiger partial charge in [-0.25, -0.2) is 4.79 Å². The van der Waals surface area contributed by atoms with Crippen molar-refractivity contribution >= 4 is 71.0 Å². The molecular weight excluding hydrogens is 861 g/mol. The van der Waals surface area contributed by atoms with Crippen molar-refractivity contribution < 1.29 is 56.4 Å². The fourth-order valence-electron chi connectivity index (χ4n) is 3.27. The first-order valence-electron chi connectivity index (χ1n) is 14.8. The van der Waals surface area contributed by atoms with Crippen LogP contribution in [-0.4, -0.2) is 78.2 Å². The van der Waals surface area contributed by atoms with Gasteiger partial charge in [-0.2, -0.15) is 0 Å². The van der Waals surface area contributed by atoms with Crippen LogP contribution in [0.3, 0.4) is 0 Å². The summed E-state index contributed by atoms with van der Waals surface area (Å²) in [5, 5.41) is 0. The summed E-state index contributed by atoms with van der Waals surface area (Å²) >= 11 is 4.36. The maximum absolute atomic E-state index is 11.8. The lowest BCUT2D eigenvalue weighted by Gasteiger charge is -2.15. The molecule has 0 aliphatic carbocycles. The third-order valence-electron chi connectivity index (χ3n) is 5.13. The Bertz CT molecular complexity index is 1260. The molecule has 0 radical (unpaired) electrons. The lowest BCUT2D eigenvalue weighted by molar-refractivity contribution is -0.140. The topological polar surface area (TPSA) is 142 Å². The highest BCUT2D eigenvalue weighted by Crippen LogP contribution is 2.47. The van der Waals surface area contributed by atoms with E-state index < -0.39 is 13.6 Å². The van der Waals surface area contributed by atoms with Crippen molar-refractivity contribution in [1.82, 2.24) is 0 Å². The molecule has 12 nitrogen and oxygen atoms in total. The van der Waals surface area contributed by atoms with Crippen molar-refractivity contribution in [3.63, 3.8) is 0 Å². The van der Waals surface area contributed by atoms with Gasteiger partial charge >= 0.3 is 19.5 Å². The van der Waals surface area contributed by atoms with Gasteiger partial charge in [-0.1, -0.05) is 18.2 Å². The van der Waals surface area contributed by atoms with Gasteiger partial charge in [0.15, 0.2) is 23.0 Å². The van der Waals surface area contributed by atoms with Gasteiger partial charge in [-0.15, -0.1) is 0 Å². The highest BCUT2D eigenvalue weighted by molar-refractivity contribution is 14.1. The van der Waals surface area contributed by atoms with Crippen LogP contribution in [0.1, 0.15) is 40.5 Å². The summed E-state index contributed by atoms with van der Waals surface area (Å²) in [6.45, 7) is 8.85. The molecule has 0 heterocycles. The Morgan fingerprint density at radius 1 is 0.745 bits per heavy atom. The maximum Gasteiger partial charge on any atom is 0.341 e. The summed E-state index contributed by atoms with van der Waals surface area (Å²) < 4.78 is 54.5. The Hall–Kier alpha value is -2.40. The molecule has 0 atom stereocenters. The monoisotopic (exact) mass is 906 g/mol. The van der Waals surface area contributed by atoms with Crippen LogP contribution in [0.5, 0.6) is 23.0 Å². The number of carbonyl (C=O) groups excluding carboxylic acids is 3. The van der Waals surface area contributed by atoms with Gasteiger partial charge < -0.3 is 42.3 Å². The summed E-state index contributed by atoms with van der Waals surface area (Å²) in [6, 6.07) is 11.4. The summed E-state index contributed by atoms with van der Waals surface area (Å²) in [6.07, 6.45) is 4.70. The Balaban J connectivity index is 0.000000689. The molecule has 2 aromatic rings. The first kappa shape index (κ1) is 44.6. The van der Waals surface area contributed by atoms with Crippen molar-refractivity contribution in [3.8, 4) is 23.0 Å². The van der Waals surface area contributed by atoms with Crippen molar-refractivity contribution in [1.29, 1.82) is 0 Å². The Kier molecular flexibility index (Phi) is 26.1. The number of hydrogen-bond acceptors (Lipinski definition) is 12. The Morgan fingerprint density at radius 3 is 1.66 bits per heavy atom. The average molecular weight is 906 g/mol. The Morgan fingerprint density at radius 2 is 1.23 bits per heavy atom. The van der Waals surface area contributed by atoms with Crippen LogP contribution >= 0.6 is 52.8 Å². The van der Waals surface area contributed by atoms with E-state index >= 15 is 0 Å². The molecule has 0 aliphatic heterocycles. The smallest absolute Gasteiger partial charge is 0.341 e. The van der Waals surface area contributed by atoms with E-state index in [1.807, 2.05) is 36.4 Å². The number of para-hydroxylation sites is 2. The molecule has 0 N–H and O–H groups in total. The van der Waals surface area contributed by atoms with E-state index in [9.17, 15) is 18.9 Å². The molecule has 0 saturated heterocycles. The van der Waals surface area contributed by atoms with E-state index in [2.05, 4.69) is 49.9 Å². The van der Waals surface area contributed by atoms with E-state index in [1.165, 1.54) is 6.08 Å². The van der Waals surface area contributed by atoms with Crippen LogP contribution < -0.4 is 18.9 Å². The van der Waals surface area contributed by atoms with Gasteiger partial charge in [0.05, 0.1) is 61.0 Å². The average Bonchev–Trinajstić information content (AvgIpc) is 3.03. The number of carbonyl (C=O) groups is 3. The summed E-state index contributed by atoms with van der Waals surface area (Å²) in [5.74, 6) is 1.96. The van der Waals surface area contributed by atoms with Gasteiger partial charge in [0.25, 0.3) is 0 Å². The molecule has 0 aromatic heterocycles. The minimum atomic E-state index is -3.28. The fourth-order valence-corrected chi connectivity index (χ4v) is 5.98. The van der Waals surface area contributed by atoms with Crippen molar-refractivity contribution in [2.45, 2.75) is 40.5 Å². The zero-order chi connectivity index (χ0) is 35.5. The minimum Gasteiger partial charge on any atom is -0.493 e. The van der Waals surface area contributed by atoms with Crippen LogP contribution in [0.2, 0.25) is 0 Å². The molecule has 47 heavy (non-hydrogen) atoms. The first-order chi connectivity index (χ1) is 22.6. The number of aldehydes is 1. The number of benzene rings is 2. The standard InChI is InChI=1S/C14H17IO4.C10H11IO3.C8H17O5P/c1-3-18-13(16)9-4-5-10-19-14-11(15)7-6-8-12(14)17-2;1-13-9-5-2-4-8(11)10(9)14-7-3-6-12;1-4-11-8(9)7-14(10,12-5-2)13-6-3/h4,6-9H,3,5,10H2,1-2H3;2,4-6H,3,7H2,1H3;4-7H2,1-3H3/b9-4+;;. The largest absolute Gasteiger partial charge is 0.493 e. The number of halogens is 2. The molecule has 0 unspecified atom stereocenters. The molecule has 0 fully saturated rings. The quantitative estimate of drug-likeness (QED) is 0.0350. The van der Waals surface area contributed by atoms with Crippen LogP contribution in [0, 0.1) is 7.14 Å². The zero-order valence-corrected chi connectivity index (χ0v) is 32.9. The SMILES string of the molecule is CCOC(=O)/C=C/CCOc1c(I)cccc1OC.CCOC(=O)CP(=O)(OCC)OCC.COc1cccc(I)c1OCCC=O. The molecule has 264 valence electrons. The molecule has 0 aliphatic rings. The normalized spacial score (nSPS) is 10.5. The van der Waals surface area contributed by atoms with Crippen LogP contribution in [-0.2, 0) is 37.5 Å². The first-order valence-corrected chi connectivity index (χ1v) is 18.7. The zero-order valence-electron chi connectivity index (χ0n) is 27.7. The fraction of sp³-hybridized carbons (Fsp3) is 0.469. The third kappa shape index (κ3) is 19.9. The lowest BCUT2D eigenvalue weighted by atomic mass is 10.3. The van der Waals surface area contributed by atoms with Crippen molar-refractivity contribution in [2.75, 3.05) is 60.0 Å². The Labute approximate surface area is 304 Å². The van der Waals surface area contributed by atoms with Gasteiger partial charge in [0.2, 0.25) is 0 Å². The molecule has 2 rings (SSSR count). The second-order valence-corrected chi connectivity index (χ2v) is 12.9. The van der Waals surface area contributed by atoms with Crippen LogP contribution in [0.4, 0.5) is 0 Å². The lowest BCUT2D eigenvalue weighted by Crippen LogP contribution is -2.12. The predicted molar refractivity (Wildman–Crippen MR) is 196 cm³/mol. The van der Waals surface area contributed by atoms with Gasteiger partial charge in [-0.3, -0.25) is 9.36 Å². The second kappa shape index (κ2) is 27.5. The third-order valence-corrected chi connectivity index (χ3v) is 8.78. The van der Waals surface area contributed by atoms with Crippen molar-refractivity contribution in [2.24, 2.45) is 0 Å². The van der Waals surface area contributed by atoms with E-state index in [0.29, 0.717) is 49.9 Å². The molecule has 0 bridgehead atoms. The summed E-state index contributed by atoms with van der Waals surface area (Å²) in [5.41, 5.74) is 0. The summed E-state index contributed by atoms with van der Waals surface area (Å²) in [4.78, 5) is 32.2. The number of esters is 2. The second-order valence-electron chi connectivity index (χ2n) is 8.55. The summed E-state index contributed by atoms with van der Waals surface area (Å²) in [7, 11) is -0.0744. The molecule has 2 aromatic carbocycles. The minimum absolute atomic E-state index is 0.247. The molecular formula is C32H45I2O12P. The maximum atomic E-state index is 11.8. The molecule has 0 amide bonds. The van der Waals surface area contributed by atoms with E-state index in [1.54, 1.807) is 48.0 Å². The van der Waals surface area contributed by atoms with E-state index in [0.717, 1.165) is 19.2 Å². The highest BCUT2D eigenvalue weighted by atomic mass is 127.